The van der Waals surface area contributed by atoms with Gasteiger partial charge in [0.25, 0.3) is 0 Å². The van der Waals surface area contributed by atoms with E-state index in [1.807, 2.05) is 7.11 Å². The molecule has 1 saturated carbocycles. The molecule has 4 heteroatoms. The van der Waals surface area contributed by atoms with Gasteiger partial charge in [0.2, 0.25) is 0 Å². The van der Waals surface area contributed by atoms with E-state index in [9.17, 15) is 0 Å². The van der Waals surface area contributed by atoms with Crippen molar-refractivity contribution in [3.63, 3.8) is 0 Å². The lowest BCUT2D eigenvalue weighted by molar-refractivity contribution is -0.0225. The maximum Gasteiger partial charge on any atom is 0.0577 e. The minimum Gasteiger partial charge on any atom is -0.381 e. The lowest BCUT2D eigenvalue weighted by atomic mass is 9.77. The molecule has 22 heavy (non-hydrogen) atoms. The first-order valence-corrected chi connectivity index (χ1v) is 9.30. The fourth-order valence-electron chi connectivity index (χ4n) is 4.70. The predicted octanol–water partition coefficient (Wildman–Crippen LogP) is 1.81. The van der Waals surface area contributed by atoms with E-state index in [-0.39, 0.29) is 0 Å². The molecule has 2 aliphatic heterocycles. The van der Waals surface area contributed by atoms with Gasteiger partial charge in [-0.3, -0.25) is 4.90 Å². The van der Waals surface area contributed by atoms with Crippen LogP contribution in [0.3, 0.4) is 0 Å². The third kappa shape index (κ3) is 3.66. The van der Waals surface area contributed by atoms with Crippen molar-refractivity contribution in [1.82, 2.24) is 15.1 Å². The Labute approximate surface area is 136 Å². The van der Waals surface area contributed by atoms with Crippen molar-refractivity contribution in [2.45, 2.75) is 51.2 Å². The molecule has 0 spiro atoms. The molecule has 0 amide bonds. The fraction of sp³-hybridized carbons (Fsp3) is 1.00. The van der Waals surface area contributed by atoms with E-state index in [0.29, 0.717) is 11.6 Å². The van der Waals surface area contributed by atoms with Crippen LogP contribution in [0, 0.1) is 11.8 Å². The maximum absolute atomic E-state index is 5.41. The van der Waals surface area contributed by atoms with Gasteiger partial charge in [-0.05, 0) is 64.5 Å². The summed E-state index contributed by atoms with van der Waals surface area (Å²) in [6, 6.07) is 0. The SMILES string of the molecule is COC1CC(CN2CCC(C(C)(C)N3CCNCC3)CC2)C1. The lowest BCUT2D eigenvalue weighted by Crippen LogP contribution is -2.58. The molecule has 0 radical (unpaired) electrons. The third-order valence-electron chi connectivity index (χ3n) is 6.56. The molecule has 0 unspecified atom stereocenters. The van der Waals surface area contributed by atoms with Gasteiger partial charge >= 0.3 is 0 Å². The molecule has 2 saturated heterocycles. The van der Waals surface area contributed by atoms with Crippen LogP contribution >= 0.6 is 0 Å². The lowest BCUT2D eigenvalue weighted by Gasteiger charge is -2.49. The summed E-state index contributed by atoms with van der Waals surface area (Å²) >= 11 is 0. The molecular formula is C18H35N3O. The van der Waals surface area contributed by atoms with Gasteiger partial charge in [0.1, 0.15) is 0 Å². The van der Waals surface area contributed by atoms with Crippen LogP contribution in [-0.2, 0) is 4.74 Å². The molecule has 128 valence electrons. The highest BCUT2D eigenvalue weighted by molar-refractivity contribution is 4.94. The zero-order chi connectivity index (χ0) is 15.6. The highest BCUT2D eigenvalue weighted by atomic mass is 16.5. The first-order valence-electron chi connectivity index (χ1n) is 9.30. The van der Waals surface area contributed by atoms with Gasteiger partial charge in [0.15, 0.2) is 0 Å². The molecule has 0 aromatic carbocycles. The van der Waals surface area contributed by atoms with Crippen molar-refractivity contribution in [2.75, 3.05) is 52.9 Å². The summed E-state index contributed by atoms with van der Waals surface area (Å²) in [5, 5.41) is 3.48. The Kier molecular flexibility index (Phi) is 5.43. The summed E-state index contributed by atoms with van der Waals surface area (Å²) < 4.78 is 5.41. The van der Waals surface area contributed by atoms with Crippen LogP contribution in [-0.4, -0.2) is 74.4 Å². The minimum absolute atomic E-state index is 0.367. The second kappa shape index (κ2) is 7.16. The van der Waals surface area contributed by atoms with Gasteiger partial charge in [0, 0.05) is 45.4 Å². The van der Waals surface area contributed by atoms with Gasteiger partial charge in [-0.2, -0.15) is 0 Å². The van der Waals surface area contributed by atoms with Crippen LogP contribution < -0.4 is 5.32 Å². The van der Waals surface area contributed by atoms with E-state index in [1.165, 1.54) is 58.4 Å². The summed E-state index contributed by atoms with van der Waals surface area (Å²) in [6.45, 7) is 13.6. The summed E-state index contributed by atoms with van der Waals surface area (Å²) in [4.78, 5) is 5.43. The Morgan fingerprint density at radius 3 is 2.27 bits per heavy atom. The monoisotopic (exact) mass is 309 g/mol. The van der Waals surface area contributed by atoms with Gasteiger partial charge in [-0.1, -0.05) is 0 Å². The summed E-state index contributed by atoms with van der Waals surface area (Å²) in [6.07, 6.45) is 5.86. The molecule has 3 fully saturated rings. The predicted molar refractivity (Wildman–Crippen MR) is 91.2 cm³/mol. The third-order valence-corrected chi connectivity index (χ3v) is 6.56. The number of hydrogen-bond donors (Lipinski definition) is 1. The molecule has 0 aromatic heterocycles. The van der Waals surface area contributed by atoms with Crippen LogP contribution in [0.5, 0.6) is 0 Å². The van der Waals surface area contributed by atoms with Gasteiger partial charge in [0.05, 0.1) is 6.10 Å². The van der Waals surface area contributed by atoms with Gasteiger partial charge in [-0.25, -0.2) is 0 Å². The molecule has 3 aliphatic rings. The molecule has 0 aromatic rings. The number of methoxy groups -OCH3 is 1. The Morgan fingerprint density at radius 2 is 1.68 bits per heavy atom. The number of hydrogen-bond acceptors (Lipinski definition) is 4. The highest BCUT2D eigenvalue weighted by Gasteiger charge is 2.38. The summed E-state index contributed by atoms with van der Waals surface area (Å²) in [5.41, 5.74) is 0.367. The zero-order valence-electron chi connectivity index (χ0n) is 14.8. The van der Waals surface area contributed by atoms with Crippen molar-refractivity contribution in [3.05, 3.63) is 0 Å². The standard InChI is InChI=1S/C18H35N3O/c1-18(2,21-10-6-19-7-11-21)16-4-8-20(9-5-16)14-15-12-17(13-15)22-3/h15-17,19H,4-14H2,1-3H3. The average Bonchev–Trinajstić information content (AvgIpc) is 2.52. The first-order chi connectivity index (χ1) is 10.6. The quantitative estimate of drug-likeness (QED) is 0.838. The molecule has 4 nitrogen and oxygen atoms in total. The summed E-state index contributed by atoms with van der Waals surface area (Å²) in [5.74, 6) is 1.75. The topological polar surface area (TPSA) is 27.7 Å². The van der Waals surface area contributed by atoms with Crippen LogP contribution in [0.2, 0.25) is 0 Å². The van der Waals surface area contributed by atoms with E-state index in [4.69, 9.17) is 4.74 Å². The van der Waals surface area contributed by atoms with Gasteiger partial charge < -0.3 is 15.0 Å². The largest absolute Gasteiger partial charge is 0.381 e. The Hall–Kier alpha value is -0.160. The van der Waals surface area contributed by atoms with Crippen LogP contribution in [0.1, 0.15) is 39.5 Å². The van der Waals surface area contributed by atoms with Crippen LogP contribution in [0.4, 0.5) is 0 Å². The van der Waals surface area contributed by atoms with Crippen molar-refractivity contribution in [3.8, 4) is 0 Å². The minimum atomic E-state index is 0.367. The van der Waals surface area contributed by atoms with E-state index in [1.54, 1.807) is 0 Å². The molecule has 0 atom stereocenters. The number of likely N-dealkylation sites (tertiary alicyclic amines) is 1. The van der Waals surface area contributed by atoms with E-state index in [0.717, 1.165) is 24.9 Å². The first kappa shape index (κ1) is 16.7. The van der Waals surface area contributed by atoms with Crippen molar-refractivity contribution in [1.29, 1.82) is 0 Å². The van der Waals surface area contributed by atoms with Gasteiger partial charge in [-0.15, -0.1) is 0 Å². The smallest absolute Gasteiger partial charge is 0.0577 e. The van der Waals surface area contributed by atoms with Crippen molar-refractivity contribution < 1.29 is 4.74 Å². The maximum atomic E-state index is 5.41. The molecule has 3 rings (SSSR count). The Morgan fingerprint density at radius 1 is 1.05 bits per heavy atom. The average molecular weight is 309 g/mol. The molecular weight excluding hydrogens is 274 g/mol. The Bertz CT molecular complexity index is 340. The Balaban J connectivity index is 1.42. The van der Waals surface area contributed by atoms with E-state index in [2.05, 4.69) is 29.0 Å². The highest BCUT2D eigenvalue weighted by Crippen LogP contribution is 2.35. The number of ether oxygens (including phenoxy) is 1. The second-order valence-electron chi connectivity index (χ2n) is 8.16. The van der Waals surface area contributed by atoms with E-state index < -0.39 is 0 Å². The van der Waals surface area contributed by atoms with Crippen LogP contribution in [0.15, 0.2) is 0 Å². The zero-order valence-corrected chi connectivity index (χ0v) is 14.8. The molecule has 1 aliphatic carbocycles. The van der Waals surface area contributed by atoms with Crippen LogP contribution in [0.25, 0.3) is 0 Å². The number of nitrogens with one attached hydrogen (secondary N) is 1. The number of nitrogens with zero attached hydrogens (tertiary/aromatic N) is 2. The fourth-order valence-corrected chi connectivity index (χ4v) is 4.70. The van der Waals surface area contributed by atoms with Crippen molar-refractivity contribution in [2.24, 2.45) is 11.8 Å². The molecule has 0 bridgehead atoms. The summed E-state index contributed by atoms with van der Waals surface area (Å²) in [7, 11) is 1.85. The number of piperidine rings is 1. The molecule has 2 heterocycles. The second-order valence-corrected chi connectivity index (χ2v) is 8.16. The van der Waals surface area contributed by atoms with E-state index >= 15 is 0 Å². The van der Waals surface area contributed by atoms with Crippen molar-refractivity contribution >= 4 is 0 Å². The number of piperazine rings is 1. The number of rotatable bonds is 5. The molecule has 1 N–H and O–H groups in total. The normalized spacial score (nSPS) is 32.9.